The number of allylic oxidation sites excluding steroid dienone is 3. The van der Waals surface area contributed by atoms with Crippen molar-refractivity contribution in [1.82, 2.24) is 0 Å². The van der Waals surface area contributed by atoms with Gasteiger partial charge in [0, 0.05) is 28.1 Å². The number of hydrazone groups is 3. The van der Waals surface area contributed by atoms with Crippen LogP contribution in [0.2, 0.25) is 0 Å². The minimum absolute atomic E-state index is 0.00140. The van der Waals surface area contributed by atoms with Crippen molar-refractivity contribution in [3.8, 4) is 11.1 Å². The van der Waals surface area contributed by atoms with Gasteiger partial charge in [0.25, 0.3) is 0 Å². The lowest BCUT2D eigenvalue weighted by Gasteiger charge is -2.21. The highest BCUT2D eigenvalue weighted by atomic mass is 32.2. The zero-order chi connectivity index (χ0) is 52.6. The van der Waals surface area contributed by atoms with E-state index in [0.29, 0.717) is 11.1 Å². The molecule has 5 N–H and O–H groups in total. The SMILES string of the molecule is O=C([O-])CNc1ccc2c(c1)C=C(S(=O)(=O)[O-])C(=NNc1ccc(-c3ccc(NN=C4C(=O)c5ccc(NN=C6C(=O)c7ccc(NCC(=O)[O-])cc7C=C6S(=O)(=O)[O-])cc5C=C4S(=O)(=O)[O-])cc3)cc1)C2=O. The van der Waals surface area contributed by atoms with Crippen LogP contribution in [-0.2, 0) is 39.9 Å². The summed E-state index contributed by atoms with van der Waals surface area (Å²) in [5.74, 6) is -5.72. The van der Waals surface area contributed by atoms with Crippen LogP contribution in [0.3, 0.4) is 0 Å². The molecular weight excluding hydrogens is 1020 g/mol. The number of nitrogens with zero attached hydrogens (tertiary/aromatic N) is 3. The molecule has 3 aliphatic rings. The standard InChI is InChI=1S/C46H34N8O16S3/c55-39(56)21-47-30-9-12-33-25(15-30)18-36(71(62,63)64)41(44(33)59)52-49-28-5-1-23(2-6-28)24-3-7-29(8-4-24)50-53-42-38(73(68,69)70)20-27-17-32(11-14-35(27)46(42)61)51-54-43-37(72(65,66)67)19-26-16-31(48-22-40(57)58)10-13-34(26)45(43)60/h1-20,47-51H,21-22H2,(H,55,56)(H,57,58)(H,62,63,64)(H,65,66,67)(H,68,69,70)/p-5. The Morgan fingerprint density at radius 3 is 0.986 bits per heavy atom. The van der Waals surface area contributed by atoms with Crippen LogP contribution >= 0.6 is 0 Å². The lowest BCUT2D eigenvalue weighted by molar-refractivity contribution is -0.304. The average Bonchev–Trinajstić information content (AvgIpc) is 3.33. The van der Waals surface area contributed by atoms with Gasteiger partial charge in [-0.25, -0.2) is 25.3 Å². The minimum atomic E-state index is -5.36. The number of carboxylic acids is 2. The number of aliphatic carboxylic acids is 2. The lowest BCUT2D eigenvalue weighted by atomic mass is 9.94. The molecule has 0 saturated carbocycles. The second-order valence-electron chi connectivity index (χ2n) is 15.6. The predicted octanol–water partition coefficient (Wildman–Crippen LogP) is 1.33. The first kappa shape index (κ1) is 50.4. The van der Waals surface area contributed by atoms with Gasteiger partial charge < -0.3 is 44.1 Å². The summed E-state index contributed by atoms with van der Waals surface area (Å²) in [7, 11) is -15.9. The molecule has 8 rings (SSSR count). The highest BCUT2D eigenvalue weighted by Gasteiger charge is 2.33. The minimum Gasteiger partial charge on any atom is -0.744 e. The molecule has 0 atom stereocenters. The van der Waals surface area contributed by atoms with E-state index in [1.54, 1.807) is 24.3 Å². The molecule has 3 aliphatic carbocycles. The van der Waals surface area contributed by atoms with E-state index in [1.807, 2.05) is 0 Å². The van der Waals surface area contributed by atoms with Crippen molar-refractivity contribution in [1.29, 1.82) is 0 Å². The zero-order valence-corrected chi connectivity index (χ0v) is 39.0. The molecule has 0 aromatic heterocycles. The van der Waals surface area contributed by atoms with E-state index in [1.165, 1.54) is 78.9 Å². The molecule has 0 fully saturated rings. The largest absolute Gasteiger partial charge is 0.744 e. The van der Waals surface area contributed by atoms with E-state index in [4.69, 9.17) is 0 Å². The first-order chi connectivity index (χ1) is 34.4. The molecule has 0 heterocycles. The Hall–Kier alpha value is -8.99. The normalized spacial score (nSPS) is 16.1. The van der Waals surface area contributed by atoms with Crippen molar-refractivity contribution in [3.63, 3.8) is 0 Å². The average molecular weight is 1050 g/mol. The quantitative estimate of drug-likeness (QED) is 0.0687. The topological polar surface area (TPSA) is 400 Å². The summed E-state index contributed by atoms with van der Waals surface area (Å²) in [6.45, 7) is -1.17. The first-order valence-corrected chi connectivity index (χ1v) is 24.9. The molecule has 0 radical (unpaired) electrons. The van der Waals surface area contributed by atoms with Crippen molar-refractivity contribution in [2.45, 2.75) is 0 Å². The monoisotopic (exact) mass is 1050 g/mol. The van der Waals surface area contributed by atoms with Crippen molar-refractivity contribution in [2.24, 2.45) is 15.3 Å². The fourth-order valence-corrected chi connectivity index (χ4v) is 9.32. The number of nitrogens with one attached hydrogen (secondary N) is 5. The van der Waals surface area contributed by atoms with Gasteiger partial charge in [0.15, 0.2) is 0 Å². The third-order valence-electron chi connectivity index (χ3n) is 10.8. The summed E-state index contributed by atoms with van der Waals surface area (Å²) < 4.78 is 111. The number of fused-ring (bicyclic) bond motifs is 3. The van der Waals surface area contributed by atoms with E-state index >= 15 is 0 Å². The third kappa shape index (κ3) is 11.2. The second kappa shape index (κ2) is 19.7. The maximum absolute atomic E-state index is 13.7. The second-order valence-corrected chi connectivity index (χ2v) is 19.6. The Morgan fingerprint density at radius 1 is 0.411 bits per heavy atom. The molecule has 0 amide bonds. The highest BCUT2D eigenvalue weighted by Crippen LogP contribution is 2.32. The number of benzene rings is 5. The smallest absolute Gasteiger partial charge is 0.215 e. The summed E-state index contributed by atoms with van der Waals surface area (Å²) in [6, 6.07) is 24.1. The maximum Gasteiger partial charge on any atom is 0.215 e. The van der Waals surface area contributed by atoms with Gasteiger partial charge in [0.1, 0.15) is 47.5 Å². The Kier molecular flexibility index (Phi) is 13.6. The summed E-state index contributed by atoms with van der Waals surface area (Å²) in [5.41, 5.74) is 7.12. The molecule has 0 bridgehead atoms. The summed E-state index contributed by atoms with van der Waals surface area (Å²) >= 11 is 0. The number of Topliss-reactive ketones (excluding diaryl/α,β-unsaturated/α-hetero) is 3. The number of carbonyl (C=O) groups is 5. The Balaban J connectivity index is 0.961. The summed E-state index contributed by atoms with van der Waals surface area (Å²) in [6.07, 6.45) is 2.71. The molecular formula is C46H29N8O16S3-5. The van der Waals surface area contributed by atoms with Crippen LogP contribution in [-0.4, -0.2) is 98.4 Å². The van der Waals surface area contributed by atoms with E-state index in [9.17, 15) is 73.1 Å². The van der Waals surface area contributed by atoms with Gasteiger partial charge >= 0.3 is 0 Å². The summed E-state index contributed by atoms with van der Waals surface area (Å²) in [4.78, 5) is 59.1. The van der Waals surface area contributed by atoms with E-state index in [-0.39, 0.29) is 61.8 Å². The van der Waals surface area contributed by atoms with Crippen LogP contribution in [0.15, 0.2) is 133 Å². The molecule has 372 valence electrons. The first-order valence-electron chi connectivity index (χ1n) is 20.6. The van der Waals surface area contributed by atoms with Crippen LogP contribution in [0, 0.1) is 0 Å². The van der Waals surface area contributed by atoms with E-state index in [0.717, 1.165) is 18.2 Å². The number of rotatable bonds is 16. The molecule has 73 heavy (non-hydrogen) atoms. The van der Waals surface area contributed by atoms with Crippen molar-refractivity contribution in [2.75, 3.05) is 40.0 Å². The molecule has 0 spiro atoms. The third-order valence-corrected chi connectivity index (χ3v) is 13.3. The van der Waals surface area contributed by atoms with Gasteiger partial charge in [-0.2, -0.15) is 15.3 Å². The number of anilines is 5. The van der Waals surface area contributed by atoms with Crippen molar-refractivity contribution in [3.05, 3.63) is 151 Å². The molecule has 0 aliphatic heterocycles. The zero-order valence-electron chi connectivity index (χ0n) is 36.6. The van der Waals surface area contributed by atoms with E-state index < -0.39 is 105 Å². The van der Waals surface area contributed by atoms with Crippen LogP contribution < -0.4 is 37.1 Å². The van der Waals surface area contributed by atoms with Gasteiger partial charge in [-0.1, -0.05) is 24.3 Å². The van der Waals surface area contributed by atoms with Gasteiger partial charge in [-0.15, -0.1) is 0 Å². The van der Waals surface area contributed by atoms with Crippen LogP contribution in [0.5, 0.6) is 0 Å². The molecule has 0 saturated heterocycles. The molecule has 0 unspecified atom stereocenters. The van der Waals surface area contributed by atoms with Gasteiger partial charge in [-0.05, 0) is 125 Å². The fourth-order valence-electron chi connectivity index (χ4n) is 7.38. The number of hydrogen-bond acceptors (Lipinski definition) is 24. The fraction of sp³-hybridized carbons (Fsp3) is 0.0435. The van der Waals surface area contributed by atoms with Crippen LogP contribution in [0.4, 0.5) is 28.4 Å². The van der Waals surface area contributed by atoms with Crippen LogP contribution in [0.25, 0.3) is 29.4 Å². The van der Waals surface area contributed by atoms with Gasteiger partial charge in [0.2, 0.25) is 17.3 Å². The number of carboxylic acid groups (broad SMARTS) is 2. The molecule has 24 nitrogen and oxygen atoms in total. The Morgan fingerprint density at radius 2 is 0.685 bits per heavy atom. The van der Waals surface area contributed by atoms with Crippen molar-refractivity contribution < 1.29 is 73.1 Å². The number of ketones is 3. The lowest BCUT2D eigenvalue weighted by Crippen LogP contribution is -2.30. The van der Waals surface area contributed by atoms with Crippen LogP contribution in [0.1, 0.15) is 47.8 Å². The number of carbonyl (C=O) groups excluding carboxylic acids is 5. The van der Waals surface area contributed by atoms with Crippen molar-refractivity contribution >= 4 is 123 Å². The summed E-state index contributed by atoms with van der Waals surface area (Å²) in [5, 5.41) is 38.4. The van der Waals surface area contributed by atoms with Gasteiger partial charge in [-0.3, -0.25) is 30.7 Å². The molecule has 5 aromatic rings. The van der Waals surface area contributed by atoms with E-state index in [2.05, 4.69) is 42.2 Å². The molecule has 5 aromatic carbocycles. The van der Waals surface area contributed by atoms with Gasteiger partial charge in [0.05, 0.1) is 56.8 Å². The Labute approximate surface area is 412 Å². The molecule has 27 heteroatoms. The predicted molar refractivity (Wildman–Crippen MR) is 257 cm³/mol. The number of hydrogen-bond donors (Lipinski definition) is 5. The highest BCUT2D eigenvalue weighted by molar-refractivity contribution is 7.91. The Bertz CT molecular complexity index is 3790. The maximum atomic E-state index is 13.7.